The number of benzene rings is 1. The number of halogens is 1. The number of nitrogens with one attached hydrogen (secondary N) is 2. The molecule has 0 radical (unpaired) electrons. The largest absolute Gasteiger partial charge is 0.495 e. The van der Waals surface area contributed by atoms with Crippen LogP contribution in [0.5, 0.6) is 5.75 Å². The Bertz CT molecular complexity index is 537. The van der Waals surface area contributed by atoms with Crippen molar-refractivity contribution < 1.29 is 9.53 Å². The number of hydrogen-bond donors (Lipinski definition) is 2. The zero-order valence-electron chi connectivity index (χ0n) is 9.42. The van der Waals surface area contributed by atoms with E-state index in [-0.39, 0.29) is 0 Å². The van der Waals surface area contributed by atoms with Crippen LogP contribution in [0.25, 0.3) is 10.9 Å². The lowest BCUT2D eigenvalue weighted by Crippen LogP contribution is -2.14. The summed E-state index contributed by atoms with van der Waals surface area (Å²) in [7, 11) is 1.59. The Morgan fingerprint density at radius 2 is 2.35 bits per heavy atom. The lowest BCUT2D eigenvalue weighted by atomic mass is 10.1. The molecule has 0 unspecified atom stereocenters. The van der Waals surface area contributed by atoms with Crippen LogP contribution in [-0.4, -0.2) is 25.0 Å². The molecule has 0 aliphatic rings. The van der Waals surface area contributed by atoms with E-state index in [0.29, 0.717) is 23.7 Å². The van der Waals surface area contributed by atoms with Crippen LogP contribution in [0.3, 0.4) is 0 Å². The maximum Gasteiger partial charge on any atom is 0.207 e. The van der Waals surface area contributed by atoms with E-state index in [0.717, 1.165) is 22.9 Å². The topological polar surface area (TPSA) is 54.1 Å². The molecule has 5 heteroatoms. The first-order valence-electron chi connectivity index (χ1n) is 5.27. The van der Waals surface area contributed by atoms with Crippen molar-refractivity contribution in [2.75, 3.05) is 13.7 Å². The third-order valence-electron chi connectivity index (χ3n) is 2.67. The first kappa shape index (κ1) is 11.8. The Labute approximate surface area is 104 Å². The second-order valence-electron chi connectivity index (χ2n) is 3.64. The minimum Gasteiger partial charge on any atom is -0.495 e. The first-order chi connectivity index (χ1) is 8.27. The van der Waals surface area contributed by atoms with Crippen molar-refractivity contribution in [3.05, 3.63) is 28.9 Å². The van der Waals surface area contributed by atoms with Gasteiger partial charge in [-0.05, 0) is 24.1 Å². The van der Waals surface area contributed by atoms with Crippen LogP contribution in [-0.2, 0) is 11.2 Å². The first-order valence-corrected chi connectivity index (χ1v) is 5.65. The number of ether oxygens (including phenoxy) is 1. The third kappa shape index (κ3) is 2.22. The van der Waals surface area contributed by atoms with E-state index in [1.54, 1.807) is 7.11 Å². The van der Waals surface area contributed by atoms with Gasteiger partial charge >= 0.3 is 0 Å². The maximum atomic E-state index is 10.2. The number of carbonyl (C=O) groups excluding carboxylic acids is 1. The van der Waals surface area contributed by atoms with Crippen LogP contribution in [0.15, 0.2) is 18.3 Å². The van der Waals surface area contributed by atoms with Gasteiger partial charge in [-0.15, -0.1) is 0 Å². The summed E-state index contributed by atoms with van der Waals surface area (Å²) in [5.74, 6) is 0.656. The molecule has 2 rings (SSSR count). The van der Waals surface area contributed by atoms with E-state index in [4.69, 9.17) is 16.3 Å². The Balaban J connectivity index is 2.39. The molecule has 0 aliphatic carbocycles. The molecule has 0 spiro atoms. The van der Waals surface area contributed by atoms with E-state index in [2.05, 4.69) is 10.3 Å². The Hall–Kier alpha value is -1.68. The number of aromatic amines is 1. The molecule has 1 amide bonds. The molecule has 1 heterocycles. The molecule has 0 saturated heterocycles. The van der Waals surface area contributed by atoms with Gasteiger partial charge in [0.25, 0.3) is 0 Å². The van der Waals surface area contributed by atoms with Gasteiger partial charge in [-0.25, -0.2) is 0 Å². The van der Waals surface area contributed by atoms with E-state index >= 15 is 0 Å². The molecular formula is C12H13ClN2O2. The minimum absolute atomic E-state index is 0.587. The van der Waals surface area contributed by atoms with Crippen LogP contribution in [0, 0.1) is 0 Å². The number of rotatable bonds is 5. The summed E-state index contributed by atoms with van der Waals surface area (Å²) in [5, 5.41) is 4.19. The summed E-state index contributed by atoms with van der Waals surface area (Å²) < 4.78 is 5.19. The summed E-state index contributed by atoms with van der Waals surface area (Å²) in [4.78, 5) is 13.4. The van der Waals surface area contributed by atoms with Gasteiger partial charge < -0.3 is 15.0 Å². The van der Waals surface area contributed by atoms with E-state index < -0.39 is 0 Å². The molecular weight excluding hydrogens is 240 g/mol. The average molecular weight is 253 g/mol. The zero-order valence-corrected chi connectivity index (χ0v) is 10.2. The van der Waals surface area contributed by atoms with Crippen LogP contribution < -0.4 is 10.1 Å². The van der Waals surface area contributed by atoms with Gasteiger partial charge in [-0.1, -0.05) is 11.6 Å². The molecule has 0 saturated carbocycles. The van der Waals surface area contributed by atoms with Gasteiger partial charge in [0.05, 0.1) is 12.1 Å². The van der Waals surface area contributed by atoms with Crippen molar-refractivity contribution in [2.24, 2.45) is 0 Å². The number of amides is 1. The Morgan fingerprint density at radius 3 is 3.06 bits per heavy atom. The summed E-state index contributed by atoms with van der Waals surface area (Å²) in [6.45, 7) is 0.587. The average Bonchev–Trinajstić information content (AvgIpc) is 2.74. The number of fused-ring (bicyclic) bond motifs is 1. The molecule has 0 aliphatic heterocycles. The summed E-state index contributed by atoms with van der Waals surface area (Å²) in [6, 6.07) is 3.76. The van der Waals surface area contributed by atoms with Gasteiger partial charge in [-0.3, -0.25) is 4.79 Å². The molecule has 1 aromatic heterocycles. The molecule has 1 aromatic carbocycles. The highest BCUT2D eigenvalue weighted by Gasteiger charge is 2.11. The van der Waals surface area contributed by atoms with Crippen molar-refractivity contribution >= 4 is 28.9 Å². The molecule has 2 aromatic rings. The lowest BCUT2D eigenvalue weighted by molar-refractivity contribution is -0.109. The summed E-state index contributed by atoms with van der Waals surface area (Å²) >= 11 is 6.27. The number of H-pyrrole nitrogens is 1. The van der Waals surface area contributed by atoms with Gasteiger partial charge in [0.15, 0.2) is 0 Å². The van der Waals surface area contributed by atoms with Crippen LogP contribution in [0.2, 0.25) is 5.02 Å². The molecule has 0 atom stereocenters. The Morgan fingerprint density at radius 1 is 1.53 bits per heavy atom. The van der Waals surface area contributed by atoms with E-state index in [9.17, 15) is 4.79 Å². The fourth-order valence-corrected chi connectivity index (χ4v) is 2.21. The van der Waals surface area contributed by atoms with Crippen molar-refractivity contribution in [1.29, 1.82) is 0 Å². The highest BCUT2D eigenvalue weighted by molar-refractivity contribution is 6.37. The van der Waals surface area contributed by atoms with E-state index in [1.165, 1.54) is 0 Å². The molecule has 2 N–H and O–H groups in total. The third-order valence-corrected chi connectivity index (χ3v) is 3.05. The monoisotopic (exact) mass is 252 g/mol. The molecule has 17 heavy (non-hydrogen) atoms. The van der Waals surface area contributed by atoms with Crippen molar-refractivity contribution in [3.8, 4) is 5.75 Å². The predicted octanol–water partition coefficient (Wildman–Crippen LogP) is 2.12. The smallest absolute Gasteiger partial charge is 0.207 e. The fourth-order valence-electron chi connectivity index (χ4n) is 1.85. The van der Waals surface area contributed by atoms with Crippen LogP contribution >= 0.6 is 11.6 Å². The van der Waals surface area contributed by atoms with Crippen LogP contribution in [0.1, 0.15) is 5.56 Å². The predicted molar refractivity (Wildman–Crippen MR) is 67.6 cm³/mol. The second kappa shape index (κ2) is 5.10. The molecule has 4 nitrogen and oxygen atoms in total. The van der Waals surface area contributed by atoms with Gasteiger partial charge in [0.1, 0.15) is 5.75 Å². The standard InChI is InChI=1S/C12H13ClN2O2/c1-17-10-3-2-9-11(12(10)13)8(6-15-9)4-5-14-7-16/h2-3,6-7,15H,4-5H2,1H3,(H,14,16). The van der Waals surface area contributed by atoms with Crippen LogP contribution in [0.4, 0.5) is 0 Å². The number of aromatic nitrogens is 1. The van der Waals surface area contributed by atoms with Crippen molar-refractivity contribution in [2.45, 2.75) is 6.42 Å². The SMILES string of the molecule is COc1ccc2[nH]cc(CCNC=O)c2c1Cl. The number of methoxy groups -OCH3 is 1. The zero-order chi connectivity index (χ0) is 12.3. The van der Waals surface area contributed by atoms with Gasteiger partial charge in [0.2, 0.25) is 6.41 Å². The van der Waals surface area contributed by atoms with E-state index in [1.807, 2.05) is 18.3 Å². The minimum atomic E-state index is 0.587. The fraction of sp³-hybridized carbons (Fsp3) is 0.250. The Kier molecular flexibility index (Phi) is 3.54. The van der Waals surface area contributed by atoms with Gasteiger partial charge in [0, 0.05) is 23.6 Å². The number of carbonyl (C=O) groups is 1. The molecule has 90 valence electrons. The van der Waals surface area contributed by atoms with Crippen molar-refractivity contribution in [1.82, 2.24) is 10.3 Å². The number of hydrogen-bond acceptors (Lipinski definition) is 2. The summed E-state index contributed by atoms with van der Waals surface area (Å²) in [5.41, 5.74) is 2.04. The quantitative estimate of drug-likeness (QED) is 0.633. The highest BCUT2D eigenvalue weighted by atomic mass is 35.5. The highest BCUT2D eigenvalue weighted by Crippen LogP contribution is 2.34. The normalized spacial score (nSPS) is 10.5. The van der Waals surface area contributed by atoms with Crippen molar-refractivity contribution in [3.63, 3.8) is 0 Å². The molecule has 0 fully saturated rings. The molecule has 0 bridgehead atoms. The second-order valence-corrected chi connectivity index (χ2v) is 4.02. The van der Waals surface area contributed by atoms with Gasteiger partial charge in [-0.2, -0.15) is 0 Å². The lowest BCUT2D eigenvalue weighted by Gasteiger charge is -2.05. The maximum absolute atomic E-state index is 10.2. The summed E-state index contributed by atoms with van der Waals surface area (Å²) in [6.07, 6.45) is 3.32.